The van der Waals surface area contributed by atoms with Crippen molar-refractivity contribution in [2.24, 2.45) is 0 Å². The Morgan fingerprint density at radius 1 is 0.741 bits per heavy atom. The molecule has 0 bridgehead atoms. The standard InChI is InChI=1S/C22H25N3O2/c26-21(16-6-2-1-3-7-16)23-18-12-14-25(15-13-18)20-9-5-4-8-19(20)22(27)24-17-10-11-17/h1-9,17-18H,10-15H2,(H,23,26)(H,24,27). The molecule has 2 N–H and O–H groups in total. The van der Waals surface area contributed by atoms with Gasteiger partial charge in [-0.2, -0.15) is 0 Å². The third-order valence-electron chi connectivity index (χ3n) is 5.27. The van der Waals surface area contributed by atoms with E-state index in [2.05, 4.69) is 15.5 Å². The van der Waals surface area contributed by atoms with Gasteiger partial charge in [0.1, 0.15) is 0 Å². The number of para-hydroxylation sites is 1. The lowest BCUT2D eigenvalue weighted by molar-refractivity contribution is 0.0929. The van der Waals surface area contributed by atoms with Gasteiger partial charge in [-0.1, -0.05) is 30.3 Å². The number of hydrogen-bond acceptors (Lipinski definition) is 3. The van der Waals surface area contributed by atoms with Crippen LogP contribution in [0, 0.1) is 0 Å². The SMILES string of the molecule is O=C(NC1CCN(c2ccccc2C(=O)NC2CC2)CC1)c1ccccc1. The lowest BCUT2D eigenvalue weighted by atomic mass is 10.0. The summed E-state index contributed by atoms with van der Waals surface area (Å²) in [5.74, 6) is 0.00543. The number of nitrogens with zero attached hydrogens (tertiary/aromatic N) is 1. The number of nitrogens with one attached hydrogen (secondary N) is 2. The van der Waals surface area contributed by atoms with E-state index in [1.165, 1.54) is 0 Å². The molecule has 2 amide bonds. The second kappa shape index (κ2) is 7.82. The maximum atomic E-state index is 12.5. The predicted molar refractivity (Wildman–Crippen MR) is 106 cm³/mol. The first-order valence-corrected chi connectivity index (χ1v) is 9.71. The molecular formula is C22H25N3O2. The highest BCUT2D eigenvalue weighted by molar-refractivity contribution is 6.00. The van der Waals surface area contributed by atoms with Crippen LogP contribution in [0.1, 0.15) is 46.4 Å². The molecule has 0 atom stereocenters. The Morgan fingerprint density at radius 2 is 1.33 bits per heavy atom. The lowest BCUT2D eigenvalue weighted by Gasteiger charge is -2.35. The number of amides is 2. The molecule has 1 saturated carbocycles. The van der Waals surface area contributed by atoms with E-state index in [0.29, 0.717) is 11.6 Å². The second-order valence-corrected chi connectivity index (χ2v) is 7.37. The Labute approximate surface area is 159 Å². The van der Waals surface area contributed by atoms with E-state index in [-0.39, 0.29) is 17.9 Å². The normalized spacial score (nSPS) is 17.4. The summed E-state index contributed by atoms with van der Waals surface area (Å²) in [6, 6.07) is 17.7. The van der Waals surface area contributed by atoms with Crippen molar-refractivity contribution < 1.29 is 9.59 Å². The van der Waals surface area contributed by atoms with Crippen LogP contribution in [0.2, 0.25) is 0 Å². The van der Waals surface area contributed by atoms with Crippen LogP contribution in [0.25, 0.3) is 0 Å². The van der Waals surface area contributed by atoms with Gasteiger partial charge in [-0.15, -0.1) is 0 Å². The molecule has 0 aromatic heterocycles. The van der Waals surface area contributed by atoms with E-state index in [9.17, 15) is 9.59 Å². The van der Waals surface area contributed by atoms with Gasteiger partial charge < -0.3 is 15.5 Å². The lowest BCUT2D eigenvalue weighted by Crippen LogP contribution is -2.45. The number of carbonyl (C=O) groups excluding carboxylic acids is 2. The van der Waals surface area contributed by atoms with Gasteiger partial charge in [-0.3, -0.25) is 9.59 Å². The number of piperidine rings is 1. The predicted octanol–water partition coefficient (Wildman–Crippen LogP) is 2.98. The smallest absolute Gasteiger partial charge is 0.253 e. The van der Waals surface area contributed by atoms with Gasteiger partial charge in [0.15, 0.2) is 0 Å². The molecule has 5 nitrogen and oxygen atoms in total. The molecule has 2 fully saturated rings. The zero-order chi connectivity index (χ0) is 18.6. The number of benzene rings is 2. The molecule has 2 aromatic rings. The molecule has 1 aliphatic carbocycles. The van der Waals surface area contributed by atoms with Crippen molar-refractivity contribution in [1.29, 1.82) is 0 Å². The Kier molecular flexibility index (Phi) is 5.10. The van der Waals surface area contributed by atoms with Crippen molar-refractivity contribution in [3.63, 3.8) is 0 Å². The van der Waals surface area contributed by atoms with Crippen molar-refractivity contribution >= 4 is 17.5 Å². The van der Waals surface area contributed by atoms with Gasteiger partial charge in [-0.05, 0) is 49.9 Å². The molecule has 1 saturated heterocycles. The Bertz CT molecular complexity index is 809. The third-order valence-corrected chi connectivity index (χ3v) is 5.27. The maximum Gasteiger partial charge on any atom is 0.253 e. The fourth-order valence-corrected chi connectivity index (χ4v) is 3.56. The van der Waals surface area contributed by atoms with Crippen molar-refractivity contribution in [3.8, 4) is 0 Å². The van der Waals surface area contributed by atoms with Crippen LogP contribution in [0.15, 0.2) is 54.6 Å². The molecule has 1 heterocycles. The van der Waals surface area contributed by atoms with E-state index in [1.54, 1.807) is 0 Å². The van der Waals surface area contributed by atoms with Gasteiger partial charge >= 0.3 is 0 Å². The van der Waals surface area contributed by atoms with Crippen LogP contribution < -0.4 is 15.5 Å². The molecule has 2 aliphatic rings. The summed E-state index contributed by atoms with van der Waals surface area (Å²) in [6.45, 7) is 1.65. The molecular weight excluding hydrogens is 338 g/mol. The minimum absolute atomic E-state index is 0.0155. The van der Waals surface area contributed by atoms with Crippen molar-refractivity contribution in [3.05, 3.63) is 65.7 Å². The second-order valence-electron chi connectivity index (χ2n) is 7.37. The Hall–Kier alpha value is -2.82. The number of rotatable bonds is 5. The third kappa shape index (κ3) is 4.30. The van der Waals surface area contributed by atoms with Crippen molar-refractivity contribution in [2.75, 3.05) is 18.0 Å². The van der Waals surface area contributed by atoms with Crippen LogP contribution >= 0.6 is 0 Å². The topological polar surface area (TPSA) is 61.4 Å². The fourth-order valence-electron chi connectivity index (χ4n) is 3.56. The van der Waals surface area contributed by atoms with Crippen molar-refractivity contribution in [2.45, 2.75) is 37.8 Å². The van der Waals surface area contributed by atoms with Crippen molar-refractivity contribution in [1.82, 2.24) is 10.6 Å². The van der Waals surface area contributed by atoms with Gasteiger partial charge in [0, 0.05) is 36.4 Å². The molecule has 2 aromatic carbocycles. The molecule has 0 radical (unpaired) electrons. The first kappa shape index (κ1) is 17.6. The van der Waals surface area contributed by atoms with Crippen LogP contribution in [0.5, 0.6) is 0 Å². The molecule has 27 heavy (non-hydrogen) atoms. The molecule has 1 aliphatic heterocycles. The Balaban J connectivity index is 1.37. The van der Waals surface area contributed by atoms with Crippen LogP contribution in [0.4, 0.5) is 5.69 Å². The zero-order valence-electron chi connectivity index (χ0n) is 15.4. The highest BCUT2D eigenvalue weighted by atomic mass is 16.2. The largest absolute Gasteiger partial charge is 0.371 e. The highest BCUT2D eigenvalue weighted by Gasteiger charge is 2.27. The monoisotopic (exact) mass is 363 g/mol. The summed E-state index contributed by atoms with van der Waals surface area (Å²) in [5.41, 5.74) is 2.43. The average Bonchev–Trinajstić information content (AvgIpc) is 3.53. The molecule has 0 spiro atoms. The molecule has 4 rings (SSSR count). The minimum Gasteiger partial charge on any atom is -0.371 e. The summed E-state index contributed by atoms with van der Waals surface area (Å²) in [5, 5.41) is 6.21. The van der Waals surface area contributed by atoms with E-state index < -0.39 is 0 Å². The van der Waals surface area contributed by atoms with Gasteiger partial charge in [0.25, 0.3) is 11.8 Å². The highest BCUT2D eigenvalue weighted by Crippen LogP contribution is 2.26. The van der Waals surface area contributed by atoms with E-state index in [0.717, 1.165) is 50.0 Å². The number of carbonyl (C=O) groups is 2. The number of anilines is 1. The molecule has 0 unspecified atom stereocenters. The minimum atomic E-state index is -0.0155. The van der Waals surface area contributed by atoms with Crippen LogP contribution in [0.3, 0.4) is 0 Å². The van der Waals surface area contributed by atoms with Gasteiger partial charge in [-0.25, -0.2) is 0 Å². The molecule has 140 valence electrons. The zero-order valence-corrected chi connectivity index (χ0v) is 15.4. The number of hydrogen-bond donors (Lipinski definition) is 2. The maximum absolute atomic E-state index is 12.5. The quantitative estimate of drug-likeness (QED) is 0.859. The Morgan fingerprint density at radius 3 is 2.04 bits per heavy atom. The summed E-state index contributed by atoms with van der Waals surface area (Å²) < 4.78 is 0. The fraction of sp³-hybridized carbons (Fsp3) is 0.364. The van der Waals surface area contributed by atoms with E-state index >= 15 is 0 Å². The van der Waals surface area contributed by atoms with Gasteiger partial charge in [0.05, 0.1) is 5.56 Å². The summed E-state index contributed by atoms with van der Waals surface area (Å²) in [7, 11) is 0. The summed E-state index contributed by atoms with van der Waals surface area (Å²) in [6.07, 6.45) is 3.91. The molecule has 5 heteroatoms. The van der Waals surface area contributed by atoms with E-state index in [4.69, 9.17) is 0 Å². The van der Waals surface area contributed by atoms with Crippen LogP contribution in [-0.4, -0.2) is 37.0 Å². The van der Waals surface area contributed by atoms with Crippen LogP contribution in [-0.2, 0) is 0 Å². The first-order valence-electron chi connectivity index (χ1n) is 9.71. The van der Waals surface area contributed by atoms with Gasteiger partial charge in [0.2, 0.25) is 0 Å². The van der Waals surface area contributed by atoms with E-state index in [1.807, 2.05) is 54.6 Å². The summed E-state index contributed by atoms with van der Waals surface area (Å²) >= 11 is 0. The first-order chi connectivity index (χ1) is 13.2. The average molecular weight is 363 g/mol. The summed E-state index contributed by atoms with van der Waals surface area (Å²) in [4.78, 5) is 27.1.